The number of hydrogen-bond acceptors (Lipinski definition) is 4. The molecule has 1 heterocycles. The lowest BCUT2D eigenvalue weighted by molar-refractivity contribution is -0.137. The van der Waals surface area contributed by atoms with Crippen LogP contribution in [0.15, 0.2) is 48.0 Å². The van der Waals surface area contributed by atoms with Crippen LogP contribution >= 0.6 is 46.1 Å². The number of allylic oxidation sites excluding steroid dienone is 1. The van der Waals surface area contributed by atoms with Crippen LogP contribution in [0.4, 0.5) is 18.9 Å². The van der Waals surface area contributed by atoms with Crippen molar-refractivity contribution in [1.82, 2.24) is 4.98 Å². The van der Waals surface area contributed by atoms with Gasteiger partial charge in [0.25, 0.3) is 0 Å². The Morgan fingerprint density at radius 2 is 1.79 bits per heavy atom. The van der Waals surface area contributed by atoms with Gasteiger partial charge in [0, 0.05) is 22.8 Å². The van der Waals surface area contributed by atoms with E-state index in [2.05, 4.69) is 10.3 Å². The van der Waals surface area contributed by atoms with Gasteiger partial charge in [0.1, 0.15) is 16.6 Å². The van der Waals surface area contributed by atoms with Crippen molar-refractivity contribution in [2.75, 3.05) is 5.32 Å². The Balaban J connectivity index is 1.85. The van der Waals surface area contributed by atoms with Crippen LogP contribution in [0.2, 0.25) is 15.1 Å². The van der Waals surface area contributed by atoms with E-state index in [0.717, 1.165) is 17.7 Å². The molecule has 148 valence electrons. The third-order valence-electron chi connectivity index (χ3n) is 3.73. The lowest BCUT2D eigenvalue weighted by Gasteiger charge is -2.10. The summed E-state index contributed by atoms with van der Waals surface area (Å²) in [6, 6.07) is 10.4. The number of nitrogens with one attached hydrogen (secondary N) is 1. The van der Waals surface area contributed by atoms with Gasteiger partial charge in [0.15, 0.2) is 0 Å². The summed E-state index contributed by atoms with van der Waals surface area (Å²) in [4.78, 5) is 4.39. The normalized spacial score (nSPS) is 12.0. The topological polar surface area (TPSA) is 48.7 Å². The molecule has 0 aliphatic heterocycles. The lowest BCUT2D eigenvalue weighted by atomic mass is 10.2. The zero-order valence-electron chi connectivity index (χ0n) is 14.2. The fraction of sp³-hybridized carbons (Fsp3) is 0.0526. The standard InChI is InChI=1S/C19H9Cl3F3N3S/c20-14-4-2-12(6-13(14)19(23,24)25)27-8-11(7-26)18-28-17(9-29-18)10-1-3-15(21)16(22)5-10/h1-6,8-9,27H. The predicted octanol–water partition coefficient (Wildman–Crippen LogP) is 7.77. The van der Waals surface area contributed by atoms with E-state index in [1.807, 2.05) is 6.07 Å². The highest BCUT2D eigenvalue weighted by atomic mass is 35.5. The van der Waals surface area contributed by atoms with Crippen LogP contribution < -0.4 is 5.32 Å². The number of benzene rings is 2. The number of anilines is 1. The molecule has 0 saturated heterocycles. The number of aromatic nitrogens is 1. The van der Waals surface area contributed by atoms with E-state index in [4.69, 9.17) is 34.8 Å². The Morgan fingerprint density at radius 1 is 1.07 bits per heavy atom. The minimum absolute atomic E-state index is 0.135. The SMILES string of the molecule is N#CC(=CNc1ccc(Cl)c(C(F)(F)F)c1)c1nc(-c2ccc(Cl)c(Cl)c2)cs1. The van der Waals surface area contributed by atoms with E-state index >= 15 is 0 Å². The van der Waals surface area contributed by atoms with Crippen LogP contribution in [0.25, 0.3) is 16.8 Å². The molecule has 1 aromatic heterocycles. The Bertz CT molecular complexity index is 1130. The molecule has 0 atom stereocenters. The van der Waals surface area contributed by atoms with Crippen LogP contribution in [-0.4, -0.2) is 4.98 Å². The monoisotopic (exact) mass is 473 g/mol. The van der Waals surface area contributed by atoms with Crippen molar-refractivity contribution in [3.8, 4) is 17.3 Å². The second-order valence-corrected chi connectivity index (χ2v) is 7.75. The Hall–Kier alpha value is -2.24. The second-order valence-electron chi connectivity index (χ2n) is 5.67. The first-order chi connectivity index (χ1) is 13.7. The number of alkyl halides is 3. The van der Waals surface area contributed by atoms with Gasteiger partial charge in [-0.2, -0.15) is 18.4 Å². The number of halogens is 6. The van der Waals surface area contributed by atoms with Crippen molar-refractivity contribution in [2.45, 2.75) is 6.18 Å². The number of rotatable bonds is 4. The average molecular weight is 475 g/mol. The van der Waals surface area contributed by atoms with Crippen LogP contribution in [0.5, 0.6) is 0 Å². The van der Waals surface area contributed by atoms with E-state index in [9.17, 15) is 18.4 Å². The largest absolute Gasteiger partial charge is 0.417 e. The molecule has 2 aromatic carbocycles. The molecule has 0 bridgehead atoms. The van der Waals surface area contributed by atoms with Crippen molar-refractivity contribution in [2.24, 2.45) is 0 Å². The lowest BCUT2D eigenvalue weighted by Crippen LogP contribution is -2.06. The first kappa shape index (κ1) is 21.5. The van der Waals surface area contributed by atoms with E-state index in [1.54, 1.807) is 23.6 Å². The molecule has 29 heavy (non-hydrogen) atoms. The Labute approximate surface area is 183 Å². The van der Waals surface area contributed by atoms with Crippen molar-refractivity contribution in [3.63, 3.8) is 0 Å². The van der Waals surface area contributed by atoms with Crippen molar-refractivity contribution in [3.05, 3.63) is 73.6 Å². The molecule has 0 aliphatic rings. The average Bonchev–Trinajstić information content (AvgIpc) is 3.15. The third-order valence-corrected chi connectivity index (χ3v) is 5.67. The van der Waals surface area contributed by atoms with Crippen LogP contribution in [0.3, 0.4) is 0 Å². The molecule has 1 N–H and O–H groups in total. The summed E-state index contributed by atoms with van der Waals surface area (Å²) in [5, 5.41) is 14.6. The summed E-state index contributed by atoms with van der Waals surface area (Å²) in [6.45, 7) is 0. The highest BCUT2D eigenvalue weighted by molar-refractivity contribution is 7.11. The molecule has 0 spiro atoms. The summed E-state index contributed by atoms with van der Waals surface area (Å²) in [5.41, 5.74) is 0.642. The van der Waals surface area contributed by atoms with Gasteiger partial charge in [-0.25, -0.2) is 4.98 Å². The van der Waals surface area contributed by atoms with Crippen molar-refractivity contribution >= 4 is 57.4 Å². The van der Waals surface area contributed by atoms with Gasteiger partial charge >= 0.3 is 6.18 Å². The van der Waals surface area contributed by atoms with Gasteiger partial charge in [-0.05, 0) is 30.3 Å². The molecular weight excluding hydrogens is 466 g/mol. The van der Waals surface area contributed by atoms with Crippen LogP contribution in [0.1, 0.15) is 10.6 Å². The smallest absolute Gasteiger partial charge is 0.360 e. The summed E-state index contributed by atoms with van der Waals surface area (Å²) >= 11 is 18.7. The van der Waals surface area contributed by atoms with Gasteiger partial charge in [0.05, 0.1) is 26.3 Å². The highest BCUT2D eigenvalue weighted by Gasteiger charge is 2.33. The van der Waals surface area contributed by atoms with Crippen molar-refractivity contribution < 1.29 is 13.2 Å². The quantitative estimate of drug-likeness (QED) is 0.393. The molecule has 0 unspecified atom stereocenters. The molecule has 0 aliphatic carbocycles. The Kier molecular flexibility index (Phi) is 6.39. The van der Waals surface area contributed by atoms with E-state index in [-0.39, 0.29) is 11.3 Å². The molecule has 10 heteroatoms. The molecule has 3 rings (SSSR count). The zero-order chi connectivity index (χ0) is 21.2. The van der Waals surface area contributed by atoms with Crippen LogP contribution in [0, 0.1) is 11.3 Å². The molecule has 0 amide bonds. The maximum atomic E-state index is 13.0. The summed E-state index contributed by atoms with van der Waals surface area (Å²) in [7, 11) is 0. The third kappa shape index (κ3) is 5.03. The molecule has 0 fully saturated rings. The molecule has 0 saturated carbocycles. The number of nitriles is 1. The predicted molar refractivity (Wildman–Crippen MR) is 111 cm³/mol. The molecule has 3 aromatic rings. The summed E-state index contributed by atoms with van der Waals surface area (Å²) in [6.07, 6.45) is -3.29. The fourth-order valence-electron chi connectivity index (χ4n) is 2.32. The summed E-state index contributed by atoms with van der Waals surface area (Å²) in [5.74, 6) is 0. The minimum atomic E-state index is -4.58. The fourth-order valence-corrected chi connectivity index (χ4v) is 3.63. The minimum Gasteiger partial charge on any atom is -0.360 e. The maximum Gasteiger partial charge on any atom is 0.417 e. The first-order valence-corrected chi connectivity index (χ1v) is 9.85. The molecule has 0 radical (unpaired) electrons. The van der Waals surface area contributed by atoms with E-state index < -0.39 is 16.8 Å². The summed E-state index contributed by atoms with van der Waals surface area (Å²) < 4.78 is 38.9. The van der Waals surface area contributed by atoms with Gasteiger partial charge in [0.2, 0.25) is 0 Å². The first-order valence-electron chi connectivity index (χ1n) is 7.84. The molecular formula is C19H9Cl3F3N3S. The second kappa shape index (κ2) is 8.64. The van der Waals surface area contributed by atoms with Crippen LogP contribution in [-0.2, 0) is 6.18 Å². The van der Waals surface area contributed by atoms with Gasteiger partial charge in [-0.1, -0.05) is 40.9 Å². The van der Waals surface area contributed by atoms with E-state index in [1.165, 1.54) is 23.6 Å². The number of nitrogens with zero attached hydrogens (tertiary/aromatic N) is 2. The van der Waals surface area contributed by atoms with Gasteiger partial charge in [-0.15, -0.1) is 11.3 Å². The number of hydrogen-bond donors (Lipinski definition) is 1. The zero-order valence-corrected chi connectivity index (χ0v) is 17.3. The molecule has 3 nitrogen and oxygen atoms in total. The maximum absolute atomic E-state index is 13.0. The van der Waals surface area contributed by atoms with Gasteiger partial charge in [-0.3, -0.25) is 0 Å². The van der Waals surface area contributed by atoms with E-state index in [0.29, 0.717) is 20.7 Å². The van der Waals surface area contributed by atoms with Crippen molar-refractivity contribution in [1.29, 1.82) is 5.26 Å². The van der Waals surface area contributed by atoms with Gasteiger partial charge < -0.3 is 5.32 Å². The Morgan fingerprint density at radius 3 is 2.45 bits per heavy atom. The number of thiazole rings is 1. The highest BCUT2D eigenvalue weighted by Crippen LogP contribution is 2.36.